The number of aliphatic hydroxyl groups is 2. The molecule has 0 saturated carbocycles. The molecule has 2 aromatic heterocycles. The number of nitrogens with zero attached hydrogens (tertiary/aromatic N) is 4. The van der Waals surface area contributed by atoms with Crippen molar-refractivity contribution in [2.75, 3.05) is 13.2 Å². The number of rotatable bonds is 4. The topological polar surface area (TPSA) is 90.2 Å². The summed E-state index contributed by atoms with van der Waals surface area (Å²) in [7, 11) is 0. The fourth-order valence-corrected chi connectivity index (χ4v) is 3.03. The Labute approximate surface area is 133 Å². The molecule has 0 bridgehead atoms. The molecule has 7 nitrogen and oxygen atoms in total. The average Bonchev–Trinajstić information content (AvgIpc) is 3.16. The van der Waals surface area contributed by atoms with Gasteiger partial charge in [0.25, 0.3) is 0 Å². The van der Waals surface area contributed by atoms with Crippen LogP contribution in [0.25, 0.3) is 11.0 Å². The van der Waals surface area contributed by atoms with Gasteiger partial charge in [-0.3, -0.25) is 9.58 Å². The standard InChI is InChI=1S/C16H19N5O2/c22-10-15(23)14-7-11-8-20(5-6-21(11)19-14)9-16-17-12-3-1-2-4-13(12)18-16/h1-4,7,15,22-23H,5-6,8-10H2,(H,17,18)/t15-/m0/s1. The minimum Gasteiger partial charge on any atom is -0.393 e. The largest absolute Gasteiger partial charge is 0.393 e. The molecule has 7 heteroatoms. The molecular weight excluding hydrogens is 294 g/mol. The van der Waals surface area contributed by atoms with Gasteiger partial charge in [0, 0.05) is 13.1 Å². The van der Waals surface area contributed by atoms with Gasteiger partial charge in [-0.05, 0) is 18.2 Å². The Morgan fingerprint density at radius 3 is 2.96 bits per heavy atom. The zero-order valence-corrected chi connectivity index (χ0v) is 12.7. The van der Waals surface area contributed by atoms with E-state index < -0.39 is 6.10 Å². The van der Waals surface area contributed by atoms with Crippen LogP contribution < -0.4 is 0 Å². The molecule has 3 N–H and O–H groups in total. The fourth-order valence-electron chi connectivity index (χ4n) is 3.03. The molecule has 0 amide bonds. The van der Waals surface area contributed by atoms with Crippen molar-refractivity contribution in [3.05, 3.63) is 47.5 Å². The van der Waals surface area contributed by atoms with Crippen molar-refractivity contribution in [2.24, 2.45) is 0 Å². The van der Waals surface area contributed by atoms with Crippen LogP contribution in [0.5, 0.6) is 0 Å². The van der Waals surface area contributed by atoms with E-state index >= 15 is 0 Å². The summed E-state index contributed by atoms with van der Waals surface area (Å²) in [6.45, 7) is 2.84. The second-order valence-electron chi connectivity index (χ2n) is 5.89. The van der Waals surface area contributed by atoms with Gasteiger partial charge in [0.2, 0.25) is 0 Å². The first-order valence-corrected chi connectivity index (χ1v) is 7.74. The summed E-state index contributed by atoms with van der Waals surface area (Å²) in [4.78, 5) is 10.3. The number of aliphatic hydroxyl groups excluding tert-OH is 2. The Bertz CT molecular complexity index is 792. The van der Waals surface area contributed by atoms with Gasteiger partial charge in [-0.15, -0.1) is 0 Å². The van der Waals surface area contributed by atoms with Crippen molar-refractivity contribution in [3.8, 4) is 0 Å². The zero-order chi connectivity index (χ0) is 15.8. The summed E-state index contributed by atoms with van der Waals surface area (Å²) < 4.78 is 1.91. The van der Waals surface area contributed by atoms with Gasteiger partial charge in [-0.2, -0.15) is 5.10 Å². The smallest absolute Gasteiger partial charge is 0.121 e. The van der Waals surface area contributed by atoms with Crippen molar-refractivity contribution in [1.29, 1.82) is 0 Å². The molecule has 0 unspecified atom stereocenters. The van der Waals surface area contributed by atoms with E-state index in [4.69, 9.17) is 5.11 Å². The minimum absolute atomic E-state index is 0.306. The molecule has 120 valence electrons. The van der Waals surface area contributed by atoms with E-state index in [9.17, 15) is 5.11 Å². The third kappa shape index (κ3) is 2.74. The third-order valence-electron chi connectivity index (χ3n) is 4.22. The lowest BCUT2D eigenvalue weighted by molar-refractivity contribution is 0.0915. The molecule has 1 aromatic carbocycles. The molecule has 0 radical (unpaired) electrons. The van der Waals surface area contributed by atoms with Crippen LogP contribution in [0.4, 0.5) is 0 Å². The fraction of sp³-hybridized carbons (Fsp3) is 0.375. The van der Waals surface area contributed by atoms with E-state index in [-0.39, 0.29) is 6.61 Å². The quantitative estimate of drug-likeness (QED) is 0.663. The molecule has 0 aliphatic carbocycles. The molecule has 4 rings (SSSR count). The zero-order valence-electron chi connectivity index (χ0n) is 12.7. The van der Waals surface area contributed by atoms with Crippen LogP contribution in [-0.4, -0.2) is 48.0 Å². The van der Waals surface area contributed by atoms with Gasteiger partial charge in [-0.1, -0.05) is 12.1 Å². The number of aromatic amines is 1. The molecule has 0 saturated heterocycles. The van der Waals surface area contributed by atoms with E-state index in [0.717, 1.165) is 48.7 Å². The molecule has 1 aliphatic heterocycles. The molecule has 1 atom stereocenters. The number of hydrogen-bond acceptors (Lipinski definition) is 5. The predicted molar refractivity (Wildman–Crippen MR) is 84.5 cm³/mol. The van der Waals surface area contributed by atoms with Crippen molar-refractivity contribution in [1.82, 2.24) is 24.6 Å². The van der Waals surface area contributed by atoms with Crippen molar-refractivity contribution in [3.63, 3.8) is 0 Å². The lowest BCUT2D eigenvalue weighted by Gasteiger charge is -2.26. The van der Waals surface area contributed by atoms with E-state index in [1.807, 2.05) is 35.0 Å². The second kappa shape index (κ2) is 5.77. The Morgan fingerprint density at radius 2 is 2.13 bits per heavy atom. The molecule has 0 spiro atoms. The van der Waals surface area contributed by atoms with Crippen LogP contribution in [0.1, 0.15) is 23.3 Å². The molecule has 3 heterocycles. The van der Waals surface area contributed by atoms with Crippen LogP contribution >= 0.6 is 0 Å². The first-order valence-electron chi connectivity index (χ1n) is 7.74. The van der Waals surface area contributed by atoms with Gasteiger partial charge in [0.05, 0.1) is 42.1 Å². The second-order valence-corrected chi connectivity index (χ2v) is 5.89. The maximum atomic E-state index is 9.71. The number of nitrogens with one attached hydrogen (secondary N) is 1. The molecule has 1 aliphatic rings. The SMILES string of the molecule is OC[C@H](O)c1cc2n(n1)CCN(Cc1nc3ccccc3[nH]1)C2. The van der Waals surface area contributed by atoms with Crippen LogP contribution in [-0.2, 0) is 19.6 Å². The van der Waals surface area contributed by atoms with Crippen molar-refractivity contribution in [2.45, 2.75) is 25.7 Å². The lowest BCUT2D eigenvalue weighted by Crippen LogP contribution is -2.33. The summed E-state index contributed by atoms with van der Waals surface area (Å²) in [5, 5.41) is 23.1. The third-order valence-corrected chi connectivity index (χ3v) is 4.22. The number of fused-ring (bicyclic) bond motifs is 2. The summed E-state index contributed by atoms with van der Waals surface area (Å²) in [5.41, 5.74) is 3.62. The highest BCUT2D eigenvalue weighted by Crippen LogP contribution is 2.19. The molecule has 23 heavy (non-hydrogen) atoms. The number of benzene rings is 1. The van der Waals surface area contributed by atoms with Crippen LogP contribution in [0.15, 0.2) is 30.3 Å². The monoisotopic (exact) mass is 313 g/mol. The van der Waals surface area contributed by atoms with E-state index in [0.29, 0.717) is 5.69 Å². The summed E-state index contributed by atoms with van der Waals surface area (Å²) >= 11 is 0. The number of aromatic nitrogens is 4. The maximum absolute atomic E-state index is 9.71. The predicted octanol–water partition coefficient (Wildman–Crippen LogP) is 0.801. The van der Waals surface area contributed by atoms with Gasteiger partial charge < -0.3 is 15.2 Å². The maximum Gasteiger partial charge on any atom is 0.121 e. The number of imidazole rings is 1. The first kappa shape index (κ1) is 14.4. The molecular formula is C16H19N5O2. The van der Waals surface area contributed by atoms with Crippen molar-refractivity contribution >= 4 is 11.0 Å². The summed E-state index contributed by atoms with van der Waals surface area (Å²) in [6.07, 6.45) is -0.906. The Morgan fingerprint density at radius 1 is 1.26 bits per heavy atom. The average molecular weight is 313 g/mol. The molecule has 3 aromatic rings. The number of para-hydroxylation sites is 2. The Balaban J connectivity index is 1.50. The minimum atomic E-state index is -0.906. The van der Waals surface area contributed by atoms with Gasteiger partial charge in [0.1, 0.15) is 11.9 Å². The normalized spacial score (nSPS) is 16.6. The van der Waals surface area contributed by atoms with Gasteiger partial charge in [0.15, 0.2) is 0 Å². The van der Waals surface area contributed by atoms with Crippen LogP contribution in [0, 0.1) is 0 Å². The highest BCUT2D eigenvalue weighted by atomic mass is 16.3. The summed E-state index contributed by atoms with van der Waals surface area (Å²) in [5.74, 6) is 0.954. The first-order chi connectivity index (χ1) is 11.2. The van der Waals surface area contributed by atoms with Gasteiger partial charge in [-0.25, -0.2) is 4.98 Å². The number of H-pyrrole nitrogens is 1. The van der Waals surface area contributed by atoms with Crippen LogP contribution in [0.2, 0.25) is 0 Å². The lowest BCUT2D eigenvalue weighted by atomic mass is 10.2. The van der Waals surface area contributed by atoms with Gasteiger partial charge >= 0.3 is 0 Å². The number of hydrogen-bond donors (Lipinski definition) is 3. The highest BCUT2D eigenvalue weighted by Gasteiger charge is 2.21. The van der Waals surface area contributed by atoms with E-state index in [1.54, 1.807) is 0 Å². The Hall–Kier alpha value is -2.22. The van der Waals surface area contributed by atoms with E-state index in [2.05, 4.69) is 20.0 Å². The molecule has 0 fully saturated rings. The highest BCUT2D eigenvalue weighted by molar-refractivity contribution is 5.74. The Kier molecular flexibility index (Phi) is 3.60. The van der Waals surface area contributed by atoms with Crippen LogP contribution in [0.3, 0.4) is 0 Å². The van der Waals surface area contributed by atoms with E-state index in [1.165, 1.54) is 0 Å². The van der Waals surface area contributed by atoms with Crippen molar-refractivity contribution < 1.29 is 10.2 Å². The summed E-state index contributed by atoms with van der Waals surface area (Å²) in [6, 6.07) is 9.88.